The monoisotopic (exact) mass is 127 g/mol. The molecule has 2 aliphatic rings. The van der Waals surface area contributed by atoms with Crippen LogP contribution in [0, 0.1) is 17.3 Å². The molecule has 9 heavy (non-hydrogen) atoms. The van der Waals surface area contributed by atoms with Crippen molar-refractivity contribution in [1.29, 1.82) is 0 Å². The predicted octanol–water partition coefficient (Wildman–Crippen LogP) is 1.50. The summed E-state index contributed by atoms with van der Waals surface area (Å²) in [5, 5.41) is 3.44. The number of rotatable bonds is 1. The molecule has 1 N–H and O–H groups in total. The zero-order valence-corrected chi connectivity index (χ0v) is 6.28. The molecule has 2 fully saturated rings. The van der Waals surface area contributed by atoms with Crippen LogP contribution < -0.4 is 5.32 Å². The molecule has 2 unspecified atom stereocenters. The van der Waals surface area contributed by atoms with Crippen LogP contribution in [-0.4, -0.2) is 13.1 Å². The fourth-order valence-electron chi connectivity index (χ4n) is 2.28. The third-order valence-corrected chi connectivity index (χ3v) is 3.27. The summed E-state index contributed by atoms with van der Waals surface area (Å²) in [6.07, 6.45) is 1.50. The Morgan fingerprint density at radius 1 is 1.67 bits per heavy atom. The maximum atomic E-state index is 3.44. The minimum atomic E-state index is 0. The Balaban J connectivity index is 0.000000500. The molecule has 0 aromatic rings. The van der Waals surface area contributed by atoms with Gasteiger partial charge in [-0.05, 0) is 30.2 Å². The lowest BCUT2D eigenvalue weighted by atomic mass is 9.92. The van der Waals surface area contributed by atoms with Gasteiger partial charge in [-0.3, -0.25) is 0 Å². The van der Waals surface area contributed by atoms with Crippen molar-refractivity contribution >= 4 is 0 Å². The summed E-state index contributed by atoms with van der Waals surface area (Å²) in [4.78, 5) is 0. The minimum absolute atomic E-state index is 0. The van der Waals surface area contributed by atoms with Gasteiger partial charge in [-0.2, -0.15) is 0 Å². The summed E-state index contributed by atoms with van der Waals surface area (Å²) < 4.78 is 0. The molecule has 1 saturated heterocycles. The molecule has 0 bridgehead atoms. The van der Waals surface area contributed by atoms with Gasteiger partial charge in [-0.1, -0.05) is 13.8 Å². The molecule has 1 aliphatic heterocycles. The molecule has 0 aromatic heterocycles. The molecule has 1 nitrogen and oxygen atoms in total. The maximum absolute atomic E-state index is 3.44. The number of hydrogen-bond donors (Lipinski definition) is 1. The molecule has 0 spiro atoms. The van der Waals surface area contributed by atoms with Gasteiger partial charge in [0.05, 0.1) is 0 Å². The van der Waals surface area contributed by atoms with E-state index in [-0.39, 0.29) is 1.43 Å². The molecule has 1 saturated carbocycles. The molecule has 0 amide bonds. The van der Waals surface area contributed by atoms with E-state index in [1.54, 1.807) is 0 Å². The molecule has 0 aromatic carbocycles. The summed E-state index contributed by atoms with van der Waals surface area (Å²) in [5.74, 6) is 1.94. The number of nitrogens with one attached hydrogen (secondary N) is 1. The van der Waals surface area contributed by atoms with Gasteiger partial charge in [-0.15, -0.1) is 0 Å². The van der Waals surface area contributed by atoms with Crippen LogP contribution in [0.1, 0.15) is 21.7 Å². The lowest BCUT2D eigenvalue weighted by Crippen LogP contribution is -2.20. The highest BCUT2D eigenvalue weighted by Crippen LogP contribution is 2.59. The lowest BCUT2D eigenvalue weighted by Gasteiger charge is -2.15. The van der Waals surface area contributed by atoms with E-state index in [1.165, 1.54) is 19.5 Å². The Hall–Kier alpha value is -0.0400. The average molecular weight is 127 g/mol. The quantitative estimate of drug-likeness (QED) is 0.563. The molecular weight excluding hydrogens is 110 g/mol. The van der Waals surface area contributed by atoms with E-state index in [0.717, 1.165) is 17.3 Å². The van der Waals surface area contributed by atoms with Crippen LogP contribution in [0.4, 0.5) is 0 Å². The first kappa shape index (κ1) is 5.72. The van der Waals surface area contributed by atoms with Gasteiger partial charge in [0.1, 0.15) is 0 Å². The van der Waals surface area contributed by atoms with Crippen LogP contribution >= 0.6 is 0 Å². The molecule has 1 heterocycles. The Labute approximate surface area is 58.3 Å². The summed E-state index contributed by atoms with van der Waals surface area (Å²) in [6, 6.07) is 0. The number of fused-ring (bicyclic) bond motifs is 1. The third-order valence-electron chi connectivity index (χ3n) is 3.27. The molecular formula is C8H17N. The van der Waals surface area contributed by atoms with Gasteiger partial charge < -0.3 is 5.32 Å². The largest absolute Gasteiger partial charge is 0.316 e. The SMILES string of the molecule is CC(C)C12CNCC1C2.[HH]. The summed E-state index contributed by atoms with van der Waals surface area (Å²) in [6.45, 7) is 7.29. The van der Waals surface area contributed by atoms with Crippen molar-refractivity contribution in [3.05, 3.63) is 0 Å². The van der Waals surface area contributed by atoms with Gasteiger partial charge in [0.25, 0.3) is 0 Å². The fraction of sp³-hybridized carbons (Fsp3) is 1.00. The second-order valence-corrected chi connectivity index (χ2v) is 3.92. The molecule has 2 rings (SSSR count). The molecule has 1 heteroatoms. The maximum Gasteiger partial charge on any atom is 0.00136 e. The average Bonchev–Trinajstić information content (AvgIpc) is 2.38. The smallest absolute Gasteiger partial charge is 0.00136 e. The summed E-state index contributed by atoms with van der Waals surface area (Å²) >= 11 is 0. The van der Waals surface area contributed by atoms with E-state index < -0.39 is 0 Å². The predicted molar refractivity (Wildman–Crippen MR) is 40.4 cm³/mol. The zero-order chi connectivity index (χ0) is 6.48. The molecule has 0 radical (unpaired) electrons. The van der Waals surface area contributed by atoms with Crippen molar-refractivity contribution in [3.8, 4) is 0 Å². The number of hydrogen-bond acceptors (Lipinski definition) is 1. The number of piperidine rings is 1. The van der Waals surface area contributed by atoms with Crippen LogP contribution in [-0.2, 0) is 0 Å². The first-order valence-corrected chi connectivity index (χ1v) is 3.96. The van der Waals surface area contributed by atoms with Gasteiger partial charge in [0, 0.05) is 7.97 Å². The summed E-state index contributed by atoms with van der Waals surface area (Å²) in [5.41, 5.74) is 0.750. The van der Waals surface area contributed by atoms with Crippen molar-refractivity contribution in [2.24, 2.45) is 17.3 Å². The van der Waals surface area contributed by atoms with Gasteiger partial charge in [0.15, 0.2) is 0 Å². The van der Waals surface area contributed by atoms with Gasteiger partial charge in [0.2, 0.25) is 0 Å². The highest BCUT2D eigenvalue weighted by molar-refractivity contribution is 5.10. The second kappa shape index (κ2) is 1.51. The fourth-order valence-corrected chi connectivity index (χ4v) is 2.28. The summed E-state index contributed by atoms with van der Waals surface area (Å²) in [7, 11) is 0. The highest BCUT2D eigenvalue weighted by Gasteiger charge is 2.58. The van der Waals surface area contributed by atoms with Crippen molar-refractivity contribution in [1.82, 2.24) is 5.32 Å². The third kappa shape index (κ3) is 0.586. The Bertz CT molecular complexity index is 131. The highest BCUT2D eigenvalue weighted by atomic mass is 15.0. The van der Waals surface area contributed by atoms with Gasteiger partial charge in [-0.25, -0.2) is 0 Å². The van der Waals surface area contributed by atoms with Crippen molar-refractivity contribution in [3.63, 3.8) is 0 Å². The second-order valence-electron chi connectivity index (χ2n) is 3.92. The lowest BCUT2D eigenvalue weighted by molar-refractivity contribution is 0.364. The van der Waals surface area contributed by atoms with Gasteiger partial charge >= 0.3 is 0 Å². The van der Waals surface area contributed by atoms with Crippen LogP contribution in [0.25, 0.3) is 0 Å². The Morgan fingerprint density at radius 3 is 2.67 bits per heavy atom. The van der Waals surface area contributed by atoms with Crippen LogP contribution in [0.15, 0.2) is 0 Å². The van der Waals surface area contributed by atoms with Crippen LogP contribution in [0.2, 0.25) is 0 Å². The Morgan fingerprint density at radius 2 is 2.44 bits per heavy atom. The van der Waals surface area contributed by atoms with E-state index in [0.29, 0.717) is 0 Å². The first-order chi connectivity index (χ1) is 4.26. The van der Waals surface area contributed by atoms with Crippen LogP contribution in [0.3, 0.4) is 0 Å². The van der Waals surface area contributed by atoms with E-state index >= 15 is 0 Å². The standard InChI is InChI=1S/C8H15N.H2/c1-6(2)8-3-7(8)4-9-5-8;/h6-7,9H,3-5H2,1-2H3;1H. The van der Waals surface area contributed by atoms with E-state index in [2.05, 4.69) is 19.2 Å². The topological polar surface area (TPSA) is 12.0 Å². The normalized spacial score (nSPS) is 47.7. The van der Waals surface area contributed by atoms with E-state index in [9.17, 15) is 0 Å². The molecule has 54 valence electrons. The van der Waals surface area contributed by atoms with Crippen molar-refractivity contribution in [2.45, 2.75) is 20.3 Å². The van der Waals surface area contributed by atoms with Crippen LogP contribution in [0.5, 0.6) is 0 Å². The van der Waals surface area contributed by atoms with Crippen molar-refractivity contribution < 1.29 is 1.43 Å². The zero-order valence-electron chi connectivity index (χ0n) is 6.28. The molecule has 2 atom stereocenters. The van der Waals surface area contributed by atoms with E-state index in [4.69, 9.17) is 0 Å². The Kier molecular flexibility index (Phi) is 0.963. The molecule has 1 aliphatic carbocycles. The van der Waals surface area contributed by atoms with Crippen molar-refractivity contribution in [2.75, 3.05) is 13.1 Å². The minimum Gasteiger partial charge on any atom is -0.316 e. The van der Waals surface area contributed by atoms with E-state index in [1.807, 2.05) is 0 Å². The first-order valence-electron chi connectivity index (χ1n) is 3.96.